The Kier molecular flexibility index (Phi) is 4.91. The van der Waals surface area contributed by atoms with Gasteiger partial charge in [0.15, 0.2) is 5.75 Å². The molecule has 1 aliphatic rings. The molecule has 11 nitrogen and oxygen atoms in total. The van der Waals surface area contributed by atoms with E-state index < -0.39 is 28.4 Å². The predicted octanol–water partition coefficient (Wildman–Crippen LogP) is 2.14. The maximum Gasteiger partial charge on any atom is 0.338 e. The Morgan fingerprint density at radius 2 is 2.14 bits per heavy atom. The highest BCUT2D eigenvalue weighted by molar-refractivity contribution is 5.92. The summed E-state index contributed by atoms with van der Waals surface area (Å²) in [5, 5.41) is 28.6. The van der Waals surface area contributed by atoms with Crippen LogP contribution in [0.25, 0.3) is 0 Å². The van der Waals surface area contributed by atoms with Gasteiger partial charge in [0.2, 0.25) is 11.7 Å². The van der Waals surface area contributed by atoms with E-state index in [9.17, 15) is 20.0 Å². The van der Waals surface area contributed by atoms with Gasteiger partial charge in [-0.1, -0.05) is 0 Å². The van der Waals surface area contributed by atoms with Crippen molar-refractivity contribution in [1.82, 2.24) is 14.8 Å². The molecule has 0 saturated heterocycles. The van der Waals surface area contributed by atoms with Crippen molar-refractivity contribution in [2.24, 2.45) is 0 Å². The minimum absolute atomic E-state index is 0.0985. The molecule has 0 spiro atoms. The van der Waals surface area contributed by atoms with Crippen molar-refractivity contribution in [2.75, 3.05) is 12.4 Å². The molecule has 0 radical (unpaired) electrons. The number of rotatable bonds is 5. The molecule has 1 atom stereocenters. The van der Waals surface area contributed by atoms with Crippen molar-refractivity contribution in [2.45, 2.75) is 32.9 Å². The van der Waals surface area contributed by atoms with Gasteiger partial charge in [-0.25, -0.2) is 9.48 Å². The highest BCUT2D eigenvalue weighted by Gasteiger charge is 2.36. The van der Waals surface area contributed by atoms with Gasteiger partial charge in [-0.3, -0.25) is 10.1 Å². The topological polar surface area (TPSA) is 142 Å². The molecule has 2 heterocycles. The number of phenolic OH excluding ortho intramolecular Hbond substituents is 1. The van der Waals surface area contributed by atoms with Crippen LogP contribution in [0.15, 0.2) is 29.7 Å². The van der Waals surface area contributed by atoms with Crippen LogP contribution in [0.3, 0.4) is 0 Å². The number of hydrogen-bond donors (Lipinski definition) is 2. The minimum Gasteiger partial charge on any atom is -0.500 e. The van der Waals surface area contributed by atoms with Crippen molar-refractivity contribution in [3.63, 3.8) is 0 Å². The molecular weight excluding hydrogens is 370 g/mol. The lowest BCUT2D eigenvalue weighted by Gasteiger charge is -2.28. The van der Waals surface area contributed by atoms with Crippen LogP contribution >= 0.6 is 0 Å². The lowest BCUT2D eigenvalue weighted by molar-refractivity contribution is -0.386. The number of carbonyl (C=O) groups is 1. The van der Waals surface area contributed by atoms with Crippen molar-refractivity contribution in [1.29, 1.82) is 0 Å². The number of carbonyl (C=O) groups excluding carboxylic acids is 1. The Morgan fingerprint density at radius 1 is 1.43 bits per heavy atom. The molecule has 0 bridgehead atoms. The van der Waals surface area contributed by atoms with E-state index in [-0.39, 0.29) is 17.4 Å². The standard InChI is InChI=1S/C17H19N5O6/c1-8(2)28-16(24)13-9(3)20-17-18-7-19-21(17)14(13)10-5-11(22(25)26)15(23)12(6-10)27-4/h5-8,14,23H,1-4H3,(H,18,19,20)/t14-/m0/s1. The molecule has 2 N–H and O–H groups in total. The molecular formula is C17H19N5O6. The zero-order valence-electron chi connectivity index (χ0n) is 15.7. The summed E-state index contributed by atoms with van der Waals surface area (Å²) in [4.78, 5) is 27.5. The van der Waals surface area contributed by atoms with Gasteiger partial charge in [0.05, 0.1) is 23.7 Å². The van der Waals surface area contributed by atoms with E-state index in [0.717, 1.165) is 0 Å². The van der Waals surface area contributed by atoms with Gasteiger partial charge in [-0.15, -0.1) is 0 Å². The van der Waals surface area contributed by atoms with Crippen LogP contribution < -0.4 is 10.1 Å². The highest BCUT2D eigenvalue weighted by Crippen LogP contribution is 2.43. The number of aromatic hydroxyl groups is 1. The van der Waals surface area contributed by atoms with Crippen LogP contribution in [0.5, 0.6) is 11.5 Å². The summed E-state index contributed by atoms with van der Waals surface area (Å²) in [7, 11) is 1.28. The average molecular weight is 389 g/mol. The second-order valence-corrected chi connectivity index (χ2v) is 6.40. The van der Waals surface area contributed by atoms with Crippen LogP contribution in [0, 0.1) is 10.1 Å². The molecule has 1 aromatic carbocycles. The van der Waals surface area contributed by atoms with E-state index in [1.807, 2.05) is 0 Å². The van der Waals surface area contributed by atoms with Crippen molar-refractivity contribution < 1.29 is 24.3 Å². The maximum atomic E-state index is 12.8. The largest absolute Gasteiger partial charge is 0.500 e. The fourth-order valence-corrected chi connectivity index (χ4v) is 3.01. The van der Waals surface area contributed by atoms with Gasteiger partial charge in [0.1, 0.15) is 12.4 Å². The number of nitrogens with one attached hydrogen (secondary N) is 1. The van der Waals surface area contributed by atoms with E-state index in [0.29, 0.717) is 17.2 Å². The monoisotopic (exact) mass is 389 g/mol. The third-order valence-corrected chi connectivity index (χ3v) is 4.17. The average Bonchev–Trinajstić information content (AvgIpc) is 3.07. The maximum absolute atomic E-state index is 12.8. The predicted molar refractivity (Wildman–Crippen MR) is 97.0 cm³/mol. The van der Waals surface area contributed by atoms with Gasteiger partial charge in [0, 0.05) is 11.8 Å². The van der Waals surface area contributed by atoms with Crippen molar-refractivity contribution in [3.8, 4) is 11.5 Å². The molecule has 11 heteroatoms. The molecule has 0 unspecified atom stereocenters. The number of anilines is 1. The number of phenols is 1. The normalized spacial score (nSPS) is 15.8. The number of methoxy groups -OCH3 is 1. The Balaban J connectivity index is 2.23. The van der Waals surface area contributed by atoms with Gasteiger partial charge in [-0.2, -0.15) is 10.1 Å². The molecule has 2 aromatic rings. The first kappa shape index (κ1) is 19.1. The molecule has 0 fully saturated rings. The number of esters is 1. The summed E-state index contributed by atoms with van der Waals surface area (Å²) in [5.41, 5.74) is 0.452. The lowest BCUT2D eigenvalue weighted by Crippen LogP contribution is -2.30. The third kappa shape index (κ3) is 3.21. The van der Waals surface area contributed by atoms with Crippen molar-refractivity contribution in [3.05, 3.63) is 45.4 Å². The van der Waals surface area contributed by atoms with Gasteiger partial charge >= 0.3 is 11.7 Å². The smallest absolute Gasteiger partial charge is 0.338 e. The Bertz CT molecular complexity index is 980. The SMILES string of the molecule is COc1cc([C@H]2C(C(=O)OC(C)C)=C(C)Nc3ncnn32)cc([N+](=O)[O-])c1O. The number of nitro groups is 1. The number of nitro benzene ring substituents is 1. The fourth-order valence-electron chi connectivity index (χ4n) is 3.01. The first-order chi connectivity index (χ1) is 13.2. The number of aromatic nitrogens is 3. The molecule has 1 aromatic heterocycles. The van der Waals surface area contributed by atoms with Crippen molar-refractivity contribution >= 4 is 17.6 Å². The van der Waals surface area contributed by atoms with E-state index in [1.165, 1.54) is 30.3 Å². The molecule has 1 aliphatic heterocycles. The first-order valence-corrected chi connectivity index (χ1v) is 8.38. The number of ether oxygens (including phenoxy) is 2. The second-order valence-electron chi connectivity index (χ2n) is 6.40. The highest BCUT2D eigenvalue weighted by atomic mass is 16.6. The third-order valence-electron chi connectivity index (χ3n) is 4.17. The van der Waals surface area contributed by atoms with E-state index in [4.69, 9.17) is 9.47 Å². The summed E-state index contributed by atoms with van der Waals surface area (Å²) in [6.45, 7) is 5.11. The quantitative estimate of drug-likeness (QED) is 0.447. The van der Waals surface area contributed by atoms with Crippen LogP contribution in [0.4, 0.5) is 11.6 Å². The van der Waals surface area contributed by atoms with Crippen LogP contribution in [0.1, 0.15) is 32.4 Å². The zero-order valence-corrected chi connectivity index (χ0v) is 15.7. The van der Waals surface area contributed by atoms with E-state index in [1.54, 1.807) is 20.8 Å². The Morgan fingerprint density at radius 3 is 2.75 bits per heavy atom. The number of allylic oxidation sites excluding steroid dienone is 1. The summed E-state index contributed by atoms with van der Waals surface area (Å²) in [5.74, 6) is -0.936. The molecule has 0 amide bonds. The fraction of sp³-hybridized carbons (Fsp3) is 0.353. The number of fused-ring (bicyclic) bond motifs is 1. The van der Waals surface area contributed by atoms with Crippen LogP contribution in [0.2, 0.25) is 0 Å². The summed E-state index contributed by atoms with van der Waals surface area (Å²) >= 11 is 0. The molecule has 148 valence electrons. The van der Waals surface area contributed by atoms with Gasteiger partial charge in [-0.05, 0) is 32.4 Å². The Hall–Kier alpha value is -3.63. The second kappa shape index (κ2) is 7.18. The number of nitrogens with zero attached hydrogens (tertiary/aromatic N) is 4. The Labute approximate surface area is 159 Å². The summed E-state index contributed by atoms with van der Waals surface area (Å²) in [6.07, 6.45) is 0.931. The molecule has 28 heavy (non-hydrogen) atoms. The van der Waals surface area contributed by atoms with Crippen LogP contribution in [-0.2, 0) is 9.53 Å². The zero-order chi connectivity index (χ0) is 20.6. The van der Waals surface area contributed by atoms with Gasteiger partial charge in [0.25, 0.3) is 0 Å². The molecule has 3 rings (SSSR count). The molecule has 0 saturated carbocycles. The van der Waals surface area contributed by atoms with E-state index in [2.05, 4.69) is 15.4 Å². The molecule has 0 aliphatic carbocycles. The number of benzene rings is 1. The summed E-state index contributed by atoms with van der Waals surface area (Å²) < 4.78 is 11.8. The van der Waals surface area contributed by atoms with Crippen LogP contribution in [-0.4, -0.2) is 44.0 Å². The first-order valence-electron chi connectivity index (χ1n) is 8.38. The lowest BCUT2D eigenvalue weighted by atomic mass is 9.95. The minimum atomic E-state index is -0.863. The van der Waals surface area contributed by atoms with E-state index >= 15 is 0 Å². The summed E-state index contributed by atoms with van der Waals surface area (Å²) in [6, 6.07) is 1.73. The number of hydrogen-bond acceptors (Lipinski definition) is 9. The van der Waals surface area contributed by atoms with Gasteiger partial charge < -0.3 is 19.9 Å².